The summed E-state index contributed by atoms with van der Waals surface area (Å²) in [4.78, 5) is 0. The molecule has 1 aromatic rings. The Morgan fingerprint density at radius 3 is 2.38 bits per heavy atom. The van der Waals surface area contributed by atoms with Crippen LogP contribution in [0.5, 0.6) is 0 Å². The molecule has 0 aromatic heterocycles. The Hall–Kier alpha value is -0.820. The van der Waals surface area contributed by atoms with Crippen molar-refractivity contribution in [2.24, 2.45) is 11.1 Å². The molecule has 2 rings (SSSR count). The third-order valence-corrected chi connectivity index (χ3v) is 4.20. The van der Waals surface area contributed by atoms with Gasteiger partial charge in [-0.05, 0) is 42.7 Å². The van der Waals surface area contributed by atoms with Crippen LogP contribution in [-0.2, 0) is 5.41 Å². The van der Waals surface area contributed by atoms with Gasteiger partial charge in [0.1, 0.15) is 0 Å². The Morgan fingerprint density at radius 2 is 1.88 bits per heavy atom. The van der Waals surface area contributed by atoms with Crippen molar-refractivity contribution in [1.29, 1.82) is 0 Å². The Morgan fingerprint density at radius 1 is 1.19 bits per heavy atom. The van der Waals surface area contributed by atoms with Crippen molar-refractivity contribution in [3.8, 4) is 0 Å². The summed E-state index contributed by atoms with van der Waals surface area (Å²) < 4.78 is 0. The first-order chi connectivity index (χ1) is 7.49. The van der Waals surface area contributed by atoms with Crippen LogP contribution in [0, 0.1) is 12.3 Å². The highest BCUT2D eigenvalue weighted by molar-refractivity contribution is 5.35. The summed E-state index contributed by atoms with van der Waals surface area (Å²) in [5.74, 6) is 0. The first-order valence-corrected chi connectivity index (χ1v) is 6.25. The molecule has 88 valence electrons. The SMILES string of the molecule is Cc1ccccc1C1(CN)CCC(C)(C)C1. The second-order valence-corrected chi connectivity index (χ2v) is 6.14. The van der Waals surface area contributed by atoms with Gasteiger partial charge in [-0.1, -0.05) is 38.1 Å². The Bertz CT molecular complexity index is 381. The standard InChI is InChI=1S/C15H23N/c1-12-6-4-5-7-13(12)15(11-16)9-8-14(2,3)10-15/h4-7H,8-11,16H2,1-3H3. The maximum Gasteiger partial charge on any atom is 0.00834 e. The maximum atomic E-state index is 6.09. The molecule has 1 nitrogen and oxygen atoms in total. The molecular weight excluding hydrogens is 194 g/mol. The second-order valence-electron chi connectivity index (χ2n) is 6.14. The zero-order valence-corrected chi connectivity index (χ0v) is 10.7. The average Bonchev–Trinajstić information content (AvgIpc) is 2.56. The topological polar surface area (TPSA) is 26.0 Å². The van der Waals surface area contributed by atoms with E-state index in [0.717, 1.165) is 6.54 Å². The Labute approximate surface area is 99.0 Å². The van der Waals surface area contributed by atoms with E-state index in [0.29, 0.717) is 5.41 Å². The van der Waals surface area contributed by atoms with E-state index in [1.165, 1.54) is 30.4 Å². The van der Waals surface area contributed by atoms with Gasteiger partial charge >= 0.3 is 0 Å². The molecule has 1 fully saturated rings. The van der Waals surface area contributed by atoms with Gasteiger partial charge in [0.2, 0.25) is 0 Å². The van der Waals surface area contributed by atoms with Gasteiger partial charge in [-0.3, -0.25) is 0 Å². The van der Waals surface area contributed by atoms with Crippen LogP contribution in [0.2, 0.25) is 0 Å². The molecule has 0 amide bonds. The lowest BCUT2D eigenvalue weighted by Crippen LogP contribution is -2.34. The molecule has 1 unspecified atom stereocenters. The van der Waals surface area contributed by atoms with E-state index in [1.54, 1.807) is 0 Å². The smallest absolute Gasteiger partial charge is 0.00834 e. The zero-order valence-electron chi connectivity index (χ0n) is 10.7. The van der Waals surface area contributed by atoms with Crippen LogP contribution >= 0.6 is 0 Å². The van der Waals surface area contributed by atoms with Gasteiger partial charge in [0.15, 0.2) is 0 Å². The minimum absolute atomic E-state index is 0.231. The fourth-order valence-electron chi connectivity index (χ4n) is 3.35. The number of hydrogen-bond donors (Lipinski definition) is 1. The van der Waals surface area contributed by atoms with Gasteiger partial charge in [-0.2, -0.15) is 0 Å². The van der Waals surface area contributed by atoms with Crippen LogP contribution in [0.15, 0.2) is 24.3 Å². The van der Waals surface area contributed by atoms with E-state index in [-0.39, 0.29) is 5.41 Å². The number of rotatable bonds is 2. The average molecular weight is 217 g/mol. The summed E-state index contributed by atoms with van der Waals surface area (Å²) in [6.45, 7) is 7.71. The van der Waals surface area contributed by atoms with Crippen molar-refractivity contribution in [2.45, 2.75) is 45.4 Å². The van der Waals surface area contributed by atoms with Crippen molar-refractivity contribution < 1.29 is 0 Å². The van der Waals surface area contributed by atoms with Gasteiger partial charge in [0.25, 0.3) is 0 Å². The van der Waals surface area contributed by atoms with Gasteiger partial charge < -0.3 is 5.73 Å². The minimum atomic E-state index is 0.231. The Balaban J connectivity index is 2.41. The predicted octanol–water partition coefficient (Wildman–Crippen LogP) is 3.40. The van der Waals surface area contributed by atoms with E-state index in [2.05, 4.69) is 45.0 Å². The molecule has 1 aliphatic carbocycles. The quantitative estimate of drug-likeness (QED) is 0.807. The minimum Gasteiger partial charge on any atom is -0.330 e. The van der Waals surface area contributed by atoms with Crippen molar-refractivity contribution in [2.75, 3.05) is 6.54 Å². The summed E-state index contributed by atoms with van der Waals surface area (Å²) >= 11 is 0. The normalized spacial score (nSPS) is 28.2. The Kier molecular flexibility index (Phi) is 2.83. The molecule has 1 aliphatic rings. The van der Waals surface area contributed by atoms with Crippen molar-refractivity contribution in [3.63, 3.8) is 0 Å². The van der Waals surface area contributed by atoms with Crippen LogP contribution in [0.1, 0.15) is 44.2 Å². The summed E-state index contributed by atoms with van der Waals surface area (Å²) in [6.07, 6.45) is 3.75. The van der Waals surface area contributed by atoms with Crippen molar-refractivity contribution >= 4 is 0 Å². The zero-order chi connectivity index (χ0) is 11.8. The molecule has 0 aliphatic heterocycles. The van der Waals surface area contributed by atoms with Crippen LogP contribution < -0.4 is 5.73 Å². The molecule has 1 atom stereocenters. The molecule has 2 N–H and O–H groups in total. The molecule has 0 saturated heterocycles. The maximum absolute atomic E-state index is 6.09. The van der Waals surface area contributed by atoms with Gasteiger partial charge in [0.05, 0.1) is 0 Å². The molecule has 1 heteroatoms. The highest BCUT2D eigenvalue weighted by atomic mass is 14.6. The fourth-order valence-corrected chi connectivity index (χ4v) is 3.35. The van der Waals surface area contributed by atoms with Gasteiger partial charge in [-0.25, -0.2) is 0 Å². The van der Waals surface area contributed by atoms with Crippen LogP contribution in [-0.4, -0.2) is 6.54 Å². The van der Waals surface area contributed by atoms with E-state index < -0.39 is 0 Å². The van der Waals surface area contributed by atoms with E-state index in [4.69, 9.17) is 5.73 Å². The number of aryl methyl sites for hydroxylation is 1. The summed E-state index contributed by atoms with van der Waals surface area (Å²) in [5.41, 5.74) is 9.64. The van der Waals surface area contributed by atoms with Crippen LogP contribution in [0.25, 0.3) is 0 Å². The molecular formula is C15H23N. The molecule has 0 spiro atoms. The first kappa shape index (κ1) is 11.7. The monoisotopic (exact) mass is 217 g/mol. The number of nitrogens with two attached hydrogens (primary N) is 1. The lowest BCUT2D eigenvalue weighted by molar-refractivity contribution is 0.338. The number of hydrogen-bond acceptors (Lipinski definition) is 1. The highest BCUT2D eigenvalue weighted by Gasteiger charge is 2.43. The molecule has 0 radical (unpaired) electrons. The summed E-state index contributed by atoms with van der Waals surface area (Å²) in [6, 6.07) is 8.73. The van der Waals surface area contributed by atoms with E-state index in [1.807, 2.05) is 0 Å². The van der Waals surface area contributed by atoms with E-state index in [9.17, 15) is 0 Å². The highest BCUT2D eigenvalue weighted by Crippen LogP contribution is 2.50. The van der Waals surface area contributed by atoms with Crippen molar-refractivity contribution in [1.82, 2.24) is 0 Å². The first-order valence-electron chi connectivity index (χ1n) is 6.25. The third kappa shape index (κ3) is 1.89. The third-order valence-electron chi connectivity index (χ3n) is 4.20. The summed E-state index contributed by atoms with van der Waals surface area (Å²) in [5, 5.41) is 0. The lowest BCUT2D eigenvalue weighted by Gasteiger charge is -2.31. The fraction of sp³-hybridized carbons (Fsp3) is 0.600. The van der Waals surface area contributed by atoms with E-state index >= 15 is 0 Å². The lowest BCUT2D eigenvalue weighted by atomic mass is 9.74. The van der Waals surface area contributed by atoms with Gasteiger partial charge in [-0.15, -0.1) is 0 Å². The predicted molar refractivity (Wildman–Crippen MR) is 69.5 cm³/mol. The summed E-state index contributed by atoms with van der Waals surface area (Å²) in [7, 11) is 0. The van der Waals surface area contributed by atoms with Crippen molar-refractivity contribution in [3.05, 3.63) is 35.4 Å². The molecule has 1 aromatic carbocycles. The molecule has 0 bridgehead atoms. The van der Waals surface area contributed by atoms with Crippen LogP contribution in [0.4, 0.5) is 0 Å². The molecule has 0 heterocycles. The van der Waals surface area contributed by atoms with Crippen LogP contribution in [0.3, 0.4) is 0 Å². The molecule has 16 heavy (non-hydrogen) atoms. The number of benzene rings is 1. The second kappa shape index (κ2) is 3.89. The van der Waals surface area contributed by atoms with Gasteiger partial charge in [0, 0.05) is 12.0 Å². The molecule has 1 saturated carbocycles. The largest absolute Gasteiger partial charge is 0.330 e.